The van der Waals surface area contributed by atoms with E-state index in [9.17, 15) is 0 Å². The summed E-state index contributed by atoms with van der Waals surface area (Å²) in [5.41, 5.74) is 29.2. The zero-order chi connectivity index (χ0) is 73.2. The number of rotatable bonds is 14. The van der Waals surface area contributed by atoms with Crippen molar-refractivity contribution in [2.75, 3.05) is 0 Å². The molecule has 516 valence electrons. The van der Waals surface area contributed by atoms with Crippen LogP contribution in [0.15, 0.2) is 425 Å². The van der Waals surface area contributed by atoms with Gasteiger partial charge in [0.15, 0.2) is 34.9 Å². The van der Waals surface area contributed by atoms with Crippen molar-refractivity contribution >= 4 is 0 Å². The van der Waals surface area contributed by atoms with Gasteiger partial charge in [-0.3, -0.25) is 0 Å². The van der Waals surface area contributed by atoms with E-state index in [0.717, 1.165) is 66.8 Å². The fourth-order valence-corrected chi connectivity index (χ4v) is 16.7. The summed E-state index contributed by atoms with van der Waals surface area (Å²) in [5, 5.41) is 0. The second-order valence-electron chi connectivity index (χ2n) is 27.9. The second-order valence-corrected chi connectivity index (χ2v) is 27.9. The molecular formula is C104H70N6. The van der Waals surface area contributed by atoms with Crippen molar-refractivity contribution in [3.05, 3.63) is 469 Å². The van der Waals surface area contributed by atoms with Gasteiger partial charge >= 0.3 is 0 Å². The van der Waals surface area contributed by atoms with E-state index in [1.807, 2.05) is 121 Å². The van der Waals surface area contributed by atoms with Crippen molar-refractivity contribution in [2.45, 2.75) is 10.8 Å². The lowest BCUT2D eigenvalue weighted by molar-refractivity contribution is 0.769. The Morgan fingerprint density at radius 3 is 0.727 bits per heavy atom. The monoisotopic (exact) mass is 1400 g/mol. The number of hydrogen-bond donors (Lipinski definition) is 0. The fraction of sp³-hybridized carbons (Fsp3) is 0.0192. The Balaban J connectivity index is 0.000000149. The lowest BCUT2D eigenvalue weighted by atomic mass is 9.67. The molecule has 20 rings (SSSR count). The molecular weight excluding hydrogens is 1330 g/mol. The van der Waals surface area contributed by atoms with Crippen LogP contribution in [0.1, 0.15) is 44.5 Å². The maximum Gasteiger partial charge on any atom is 0.164 e. The lowest BCUT2D eigenvalue weighted by Gasteiger charge is -2.34. The van der Waals surface area contributed by atoms with Gasteiger partial charge in [0.25, 0.3) is 0 Å². The van der Waals surface area contributed by atoms with Crippen LogP contribution in [0.3, 0.4) is 0 Å². The molecule has 2 aromatic heterocycles. The van der Waals surface area contributed by atoms with E-state index in [2.05, 4.69) is 303 Å². The summed E-state index contributed by atoms with van der Waals surface area (Å²) in [6.07, 6.45) is 0. The van der Waals surface area contributed by atoms with Gasteiger partial charge in [0, 0.05) is 33.4 Å². The maximum atomic E-state index is 5.08. The molecule has 0 fully saturated rings. The minimum absolute atomic E-state index is 0.439. The average molecular weight is 1400 g/mol. The molecule has 0 saturated heterocycles. The summed E-state index contributed by atoms with van der Waals surface area (Å²) >= 11 is 0. The lowest BCUT2D eigenvalue weighted by Crippen LogP contribution is -2.28. The summed E-state index contributed by atoms with van der Waals surface area (Å²) in [7, 11) is 0. The van der Waals surface area contributed by atoms with Gasteiger partial charge in [-0.1, -0.05) is 406 Å². The Kier molecular flexibility index (Phi) is 17.3. The Morgan fingerprint density at radius 1 is 0.127 bits per heavy atom. The molecule has 2 aliphatic carbocycles. The normalized spacial score (nSPS) is 12.5. The predicted octanol–water partition coefficient (Wildman–Crippen LogP) is 25.1. The van der Waals surface area contributed by atoms with Gasteiger partial charge < -0.3 is 0 Å². The smallest absolute Gasteiger partial charge is 0.164 e. The molecule has 0 saturated carbocycles. The zero-order valence-electron chi connectivity index (χ0n) is 60.1. The molecule has 6 nitrogen and oxygen atoms in total. The average Bonchev–Trinajstić information content (AvgIpc) is 1.54. The number of benzene rings is 16. The van der Waals surface area contributed by atoms with E-state index in [0.29, 0.717) is 34.9 Å². The van der Waals surface area contributed by atoms with Crippen LogP contribution in [-0.2, 0) is 10.8 Å². The van der Waals surface area contributed by atoms with Gasteiger partial charge in [0.1, 0.15) is 0 Å². The Labute approximate surface area is 640 Å². The molecule has 18 aromatic rings. The molecule has 0 spiro atoms. The summed E-state index contributed by atoms with van der Waals surface area (Å²) in [5.74, 6) is 3.87. The highest BCUT2D eigenvalue weighted by atomic mass is 15.0. The van der Waals surface area contributed by atoms with E-state index < -0.39 is 10.8 Å². The summed E-state index contributed by atoms with van der Waals surface area (Å²) in [6.45, 7) is 0. The predicted molar refractivity (Wildman–Crippen MR) is 449 cm³/mol. The SMILES string of the molecule is c1ccc(-c2nc(-c3ccccc3)nc(-c3ccccc3-c3ccc(-c4ccc5c(c4)C(c4ccccc4)(c4ccccc4)c4ccccc4-5)cc3)n2)cc1.c1ccc(-c2nc(-c3ccccc3)nc(-c3ccccc3-c3cccc(-c4ccc5c(c4)C(c4ccccc4)(c4ccccc4)c4ccccc4-5)c3)n2)cc1. The Bertz CT molecular complexity index is 6160. The Hall–Kier alpha value is -14.5. The third kappa shape index (κ3) is 11.9. The highest BCUT2D eigenvalue weighted by Gasteiger charge is 2.48. The molecule has 2 heterocycles. The van der Waals surface area contributed by atoms with Crippen LogP contribution in [0.2, 0.25) is 0 Å². The van der Waals surface area contributed by atoms with Crippen molar-refractivity contribution in [3.8, 4) is 135 Å². The number of aromatic nitrogens is 6. The van der Waals surface area contributed by atoms with Gasteiger partial charge in [0.2, 0.25) is 0 Å². The minimum atomic E-state index is -0.458. The third-order valence-corrected chi connectivity index (χ3v) is 21.7. The molecule has 0 radical (unpaired) electrons. The first-order valence-electron chi connectivity index (χ1n) is 37.4. The first-order valence-corrected chi connectivity index (χ1v) is 37.4. The second kappa shape index (κ2) is 28.8. The van der Waals surface area contributed by atoms with E-state index in [1.54, 1.807) is 0 Å². The van der Waals surface area contributed by atoms with Crippen LogP contribution in [-0.4, -0.2) is 29.9 Å². The largest absolute Gasteiger partial charge is 0.208 e. The summed E-state index contributed by atoms with van der Waals surface area (Å²) < 4.78 is 0. The van der Waals surface area contributed by atoms with Crippen LogP contribution in [0.25, 0.3) is 135 Å². The van der Waals surface area contributed by atoms with E-state index in [-0.39, 0.29) is 0 Å². The standard InChI is InChI=1S/2C52H35N3/c1-5-18-36(19-6-1)49-53-50(37-20-7-2-8-21-37)55-51(54-49)46-30-14-13-28-43(46)40-23-17-22-38(34-40)39-32-33-45-44-29-15-16-31-47(44)52(48(45)35-39,41-24-9-3-10-25-41)42-26-11-4-12-27-42;1-5-17-38(18-6-1)49-53-50(39-19-7-2-8-20-39)55-51(54-49)46-27-14-13-25-43(46)37-31-29-36(30-32-37)40-33-34-45-44-26-15-16-28-47(44)52(48(45)35-40,41-21-9-3-10-22-41)42-23-11-4-12-24-42/h2*1-35H. The zero-order valence-corrected chi connectivity index (χ0v) is 60.1. The quantitative estimate of drug-likeness (QED) is 0.108. The maximum absolute atomic E-state index is 5.08. The number of hydrogen-bond acceptors (Lipinski definition) is 6. The number of nitrogens with zero attached hydrogens (tertiary/aromatic N) is 6. The molecule has 0 bridgehead atoms. The van der Waals surface area contributed by atoms with E-state index in [1.165, 1.54) is 77.9 Å². The van der Waals surface area contributed by atoms with E-state index in [4.69, 9.17) is 29.9 Å². The first-order chi connectivity index (χ1) is 54.5. The van der Waals surface area contributed by atoms with Gasteiger partial charge in [-0.15, -0.1) is 0 Å². The van der Waals surface area contributed by atoms with Crippen molar-refractivity contribution < 1.29 is 0 Å². The first kappa shape index (κ1) is 66.2. The van der Waals surface area contributed by atoms with Crippen molar-refractivity contribution in [3.63, 3.8) is 0 Å². The molecule has 6 heteroatoms. The summed E-state index contributed by atoms with van der Waals surface area (Å²) in [4.78, 5) is 30.1. The molecule has 16 aromatic carbocycles. The van der Waals surface area contributed by atoms with Gasteiger partial charge in [-0.2, -0.15) is 0 Å². The van der Waals surface area contributed by atoms with Crippen LogP contribution < -0.4 is 0 Å². The van der Waals surface area contributed by atoms with Crippen molar-refractivity contribution in [1.29, 1.82) is 0 Å². The summed E-state index contributed by atoms with van der Waals surface area (Å²) in [6, 6.07) is 151. The van der Waals surface area contributed by atoms with Crippen LogP contribution >= 0.6 is 0 Å². The molecule has 0 unspecified atom stereocenters. The molecule has 0 aliphatic heterocycles. The highest BCUT2D eigenvalue weighted by Crippen LogP contribution is 2.59. The van der Waals surface area contributed by atoms with Gasteiger partial charge in [-0.05, 0) is 129 Å². The topological polar surface area (TPSA) is 77.3 Å². The van der Waals surface area contributed by atoms with Crippen LogP contribution in [0.4, 0.5) is 0 Å². The Morgan fingerprint density at radius 2 is 0.364 bits per heavy atom. The highest BCUT2D eigenvalue weighted by molar-refractivity contribution is 5.92. The van der Waals surface area contributed by atoms with Crippen molar-refractivity contribution in [1.82, 2.24) is 29.9 Å². The number of fused-ring (bicyclic) bond motifs is 6. The minimum Gasteiger partial charge on any atom is -0.208 e. The molecule has 0 atom stereocenters. The molecule has 2 aliphatic rings. The van der Waals surface area contributed by atoms with Crippen LogP contribution in [0.5, 0.6) is 0 Å². The van der Waals surface area contributed by atoms with Crippen LogP contribution in [0, 0.1) is 0 Å². The third-order valence-electron chi connectivity index (χ3n) is 21.7. The molecule has 110 heavy (non-hydrogen) atoms. The molecule has 0 N–H and O–H groups in total. The van der Waals surface area contributed by atoms with Gasteiger partial charge in [-0.25, -0.2) is 29.9 Å². The fourth-order valence-electron chi connectivity index (χ4n) is 16.7. The molecule has 0 amide bonds. The van der Waals surface area contributed by atoms with E-state index >= 15 is 0 Å². The van der Waals surface area contributed by atoms with Gasteiger partial charge in [0.05, 0.1) is 10.8 Å². The van der Waals surface area contributed by atoms with Crippen molar-refractivity contribution in [2.24, 2.45) is 0 Å².